The molecule has 0 saturated heterocycles. The van der Waals surface area contributed by atoms with Crippen molar-refractivity contribution in [2.45, 2.75) is 31.6 Å². The molecule has 2 rings (SSSR count). The molecule has 66 valence electrons. The van der Waals surface area contributed by atoms with E-state index in [1.807, 2.05) is 11.3 Å². The molecule has 0 atom stereocenters. The molecule has 0 radical (unpaired) electrons. The van der Waals surface area contributed by atoms with Crippen LogP contribution in [0, 0.1) is 6.92 Å². The molecule has 0 aromatic carbocycles. The van der Waals surface area contributed by atoms with Gasteiger partial charge in [0.25, 0.3) is 0 Å². The molecule has 1 fully saturated rings. The highest BCUT2D eigenvalue weighted by Gasteiger charge is 2.39. The van der Waals surface area contributed by atoms with Crippen LogP contribution in [0.25, 0.3) is 0 Å². The quantitative estimate of drug-likeness (QED) is 0.694. The van der Waals surface area contributed by atoms with E-state index in [-0.39, 0.29) is 0 Å². The Kier molecular flexibility index (Phi) is 2.30. The maximum atomic E-state index is 3.65. The van der Waals surface area contributed by atoms with E-state index >= 15 is 0 Å². The van der Waals surface area contributed by atoms with Gasteiger partial charge in [0.1, 0.15) is 0 Å². The summed E-state index contributed by atoms with van der Waals surface area (Å²) in [6.45, 7) is 2.23. The Bertz CT molecular complexity index is 268. The van der Waals surface area contributed by atoms with Crippen molar-refractivity contribution in [2.24, 2.45) is 0 Å². The number of thiophene rings is 1. The Morgan fingerprint density at radius 2 is 2.33 bits per heavy atom. The highest BCUT2D eigenvalue weighted by Crippen LogP contribution is 2.48. The number of rotatable bonds is 2. The zero-order chi connectivity index (χ0) is 8.60. The molecular weight excluding hydrogens is 232 g/mol. The first-order valence-electron chi connectivity index (χ1n) is 4.39. The minimum absolute atomic E-state index is 0.512. The number of alkyl halides is 1. The second-order valence-electron chi connectivity index (χ2n) is 3.70. The summed E-state index contributed by atoms with van der Waals surface area (Å²) in [5.41, 5.74) is 2.00. The molecule has 2 heteroatoms. The number of hydrogen-bond donors (Lipinski definition) is 0. The minimum atomic E-state index is 0.512. The molecule has 12 heavy (non-hydrogen) atoms. The van der Waals surface area contributed by atoms with Gasteiger partial charge < -0.3 is 0 Å². The van der Waals surface area contributed by atoms with E-state index in [1.165, 1.54) is 24.8 Å². The average Bonchev–Trinajstić information content (AvgIpc) is 2.36. The van der Waals surface area contributed by atoms with E-state index in [0.717, 1.165) is 5.33 Å². The van der Waals surface area contributed by atoms with Crippen LogP contribution in [0.3, 0.4) is 0 Å². The predicted octanol–water partition coefficient (Wildman–Crippen LogP) is 3.87. The van der Waals surface area contributed by atoms with Crippen LogP contribution in [-0.4, -0.2) is 5.33 Å². The summed E-state index contributed by atoms with van der Waals surface area (Å²) in [5.74, 6) is 0. The Hall–Kier alpha value is 0.180. The summed E-state index contributed by atoms with van der Waals surface area (Å²) < 4.78 is 0. The number of aryl methyl sites for hydroxylation is 1. The van der Waals surface area contributed by atoms with Gasteiger partial charge in [0.2, 0.25) is 0 Å². The SMILES string of the molecule is Cc1ccsc1C1(CBr)CCC1. The molecule has 1 aromatic rings. The molecule has 0 amide bonds. The topological polar surface area (TPSA) is 0 Å². The van der Waals surface area contributed by atoms with E-state index in [2.05, 4.69) is 34.3 Å². The predicted molar refractivity (Wildman–Crippen MR) is 58.4 cm³/mol. The normalized spacial score (nSPS) is 20.5. The summed E-state index contributed by atoms with van der Waals surface area (Å²) in [6.07, 6.45) is 4.15. The van der Waals surface area contributed by atoms with Crippen LogP contribution in [0.1, 0.15) is 29.7 Å². The van der Waals surface area contributed by atoms with E-state index in [9.17, 15) is 0 Å². The summed E-state index contributed by atoms with van der Waals surface area (Å²) in [6, 6.07) is 2.24. The Morgan fingerprint density at radius 1 is 1.58 bits per heavy atom. The Morgan fingerprint density at radius 3 is 2.67 bits per heavy atom. The van der Waals surface area contributed by atoms with Gasteiger partial charge in [-0.15, -0.1) is 11.3 Å². The highest BCUT2D eigenvalue weighted by molar-refractivity contribution is 9.09. The molecular formula is C10H13BrS. The molecule has 0 unspecified atom stereocenters. The third kappa shape index (κ3) is 1.16. The maximum Gasteiger partial charge on any atom is 0.0146 e. The van der Waals surface area contributed by atoms with Gasteiger partial charge in [-0.2, -0.15) is 0 Å². The van der Waals surface area contributed by atoms with Crippen molar-refractivity contribution in [3.05, 3.63) is 21.9 Å². The lowest BCUT2D eigenvalue weighted by molar-refractivity contribution is 0.285. The second kappa shape index (κ2) is 3.15. The lowest BCUT2D eigenvalue weighted by Gasteiger charge is -2.40. The van der Waals surface area contributed by atoms with Gasteiger partial charge in [-0.25, -0.2) is 0 Å². The van der Waals surface area contributed by atoms with Gasteiger partial charge in [-0.05, 0) is 36.8 Å². The fourth-order valence-corrected chi connectivity index (χ4v) is 4.16. The van der Waals surface area contributed by atoms with Gasteiger partial charge >= 0.3 is 0 Å². The van der Waals surface area contributed by atoms with Crippen LogP contribution in [0.15, 0.2) is 11.4 Å². The van der Waals surface area contributed by atoms with E-state index in [0.29, 0.717) is 5.41 Å². The average molecular weight is 245 g/mol. The third-order valence-corrected chi connectivity index (χ3v) is 5.25. The molecule has 0 aliphatic heterocycles. The molecule has 1 aromatic heterocycles. The monoisotopic (exact) mass is 244 g/mol. The van der Waals surface area contributed by atoms with Crippen LogP contribution < -0.4 is 0 Å². The van der Waals surface area contributed by atoms with Crippen LogP contribution in [-0.2, 0) is 5.41 Å². The van der Waals surface area contributed by atoms with Gasteiger partial charge in [0.05, 0.1) is 0 Å². The van der Waals surface area contributed by atoms with Crippen LogP contribution >= 0.6 is 27.3 Å². The smallest absolute Gasteiger partial charge is 0.0146 e. The molecule has 0 spiro atoms. The molecule has 1 heterocycles. The molecule has 1 aliphatic carbocycles. The maximum absolute atomic E-state index is 3.65. The standard InChI is InChI=1S/C10H13BrS/c1-8-3-6-12-9(8)10(7-11)4-2-5-10/h3,6H,2,4-5,7H2,1H3. The molecule has 0 nitrogen and oxygen atoms in total. The van der Waals surface area contributed by atoms with Crippen LogP contribution in [0.2, 0.25) is 0 Å². The first-order valence-corrected chi connectivity index (χ1v) is 6.39. The van der Waals surface area contributed by atoms with Gasteiger partial charge in [-0.1, -0.05) is 22.4 Å². The fraction of sp³-hybridized carbons (Fsp3) is 0.600. The van der Waals surface area contributed by atoms with E-state index < -0.39 is 0 Å². The van der Waals surface area contributed by atoms with Crippen molar-refractivity contribution in [1.82, 2.24) is 0 Å². The molecule has 1 aliphatic rings. The van der Waals surface area contributed by atoms with Crippen molar-refractivity contribution < 1.29 is 0 Å². The first kappa shape index (κ1) is 8.76. The zero-order valence-electron chi connectivity index (χ0n) is 7.27. The van der Waals surface area contributed by atoms with Gasteiger partial charge in [-0.3, -0.25) is 0 Å². The summed E-state index contributed by atoms with van der Waals surface area (Å²) in [4.78, 5) is 1.62. The van der Waals surface area contributed by atoms with Crippen molar-refractivity contribution in [1.29, 1.82) is 0 Å². The van der Waals surface area contributed by atoms with E-state index in [4.69, 9.17) is 0 Å². The van der Waals surface area contributed by atoms with Crippen molar-refractivity contribution >= 4 is 27.3 Å². The van der Waals surface area contributed by atoms with Gasteiger partial charge in [0.15, 0.2) is 0 Å². The summed E-state index contributed by atoms with van der Waals surface area (Å²) >= 11 is 5.57. The van der Waals surface area contributed by atoms with Crippen LogP contribution in [0.4, 0.5) is 0 Å². The van der Waals surface area contributed by atoms with Crippen LogP contribution in [0.5, 0.6) is 0 Å². The number of halogens is 1. The van der Waals surface area contributed by atoms with Crippen molar-refractivity contribution in [2.75, 3.05) is 5.33 Å². The van der Waals surface area contributed by atoms with Crippen molar-refractivity contribution in [3.8, 4) is 0 Å². The minimum Gasteiger partial charge on any atom is -0.148 e. The summed E-state index contributed by atoms with van der Waals surface area (Å²) in [7, 11) is 0. The van der Waals surface area contributed by atoms with E-state index in [1.54, 1.807) is 4.88 Å². The summed E-state index contributed by atoms with van der Waals surface area (Å²) in [5, 5.41) is 3.36. The molecule has 1 saturated carbocycles. The Balaban J connectivity index is 2.33. The molecule has 0 N–H and O–H groups in total. The van der Waals surface area contributed by atoms with Crippen molar-refractivity contribution in [3.63, 3.8) is 0 Å². The Labute approximate surface area is 86.1 Å². The number of hydrogen-bond acceptors (Lipinski definition) is 1. The largest absolute Gasteiger partial charge is 0.148 e. The molecule has 0 bridgehead atoms. The third-order valence-electron chi connectivity index (χ3n) is 2.91. The zero-order valence-corrected chi connectivity index (χ0v) is 9.67. The first-order chi connectivity index (χ1) is 5.78. The fourth-order valence-electron chi connectivity index (χ4n) is 1.94. The second-order valence-corrected chi connectivity index (χ2v) is 5.18. The lowest BCUT2D eigenvalue weighted by atomic mass is 9.69. The van der Waals surface area contributed by atoms with Gasteiger partial charge in [0, 0.05) is 15.6 Å². The highest BCUT2D eigenvalue weighted by atomic mass is 79.9. The lowest BCUT2D eigenvalue weighted by Crippen LogP contribution is -2.35.